The van der Waals surface area contributed by atoms with Gasteiger partial charge in [-0.15, -0.1) is 37.2 Å². The van der Waals surface area contributed by atoms with Gasteiger partial charge in [0.15, 0.2) is 6.10 Å². The number of aliphatic imine (C=N–C) groups is 1. The van der Waals surface area contributed by atoms with Crippen molar-refractivity contribution in [1.82, 2.24) is 10.6 Å². The maximum atomic E-state index is 6.10. The second kappa shape index (κ2) is 14.4. The number of hydrogen-bond acceptors (Lipinski definition) is 5. The molecule has 0 amide bonds. The Hall–Kier alpha value is -1.99. The van der Waals surface area contributed by atoms with Crippen molar-refractivity contribution in [2.75, 3.05) is 6.54 Å². The maximum Gasteiger partial charge on any atom is 0.153 e. The molecule has 4 rings (SSSR count). The van der Waals surface area contributed by atoms with Gasteiger partial charge in [-0.25, -0.2) is 4.99 Å². The second-order valence-corrected chi connectivity index (χ2v) is 8.14. The van der Waals surface area contributed by atoms with Crippen molar-refractivity contribution in [3.63, 3.8) is 0 Å². The fourth-order valence-electron chi connectivity index (χ4n) is 3.58. The Bertz CT molecular complexity index is 1070. The van der Waals surface area contributed by atoms with Crippen LogP contribution in [0.15, 0.2) is 77.8 Å². The zero-order chi connectivity index (χ0) is 21.6. The standard InChI is InChI=1S/C25H27ClN4O.3ClH/c1-17-25(27)30-22-13-19(10-11-24(22)31-17)15-29-23(20-7-3-2-4-8-20)16-28-14-18-6-5-9-21(26)12-18;;;/h2-13,17,23,28-29H,14-16H2,1H3,(H2,27,30);3*1H. The smallest absolute Gasteiger partial charge is 0.153 e. The lowest BCUT2D eigenvalue weighted by molar-refractivity contribution is 0.281. The number of fused-ring (bicyclic) bond motifs is 1. The number of amidine groups is 1. The van der Waals surface area contributed by atoms with Gasteiger partial charge in [-0.05, 0) is 47.9 Å². The zero-order valence-electron chi connectivity index (χ0n) is 18.7. The van der Waals surface area contributed by atoms with E-state index in [0.717, 1.165) is 35.1 Å². The van der Waals surface area contributed by atoms with Gasteiger partial charge in [-0.1, -0.05) is 60.1 Å². The van der Waals surface area contributed by atoms with Gasteiger partial charge in [-0.2, -0.15) is 0 Å². The molecule has 0 saturated carbocycles. The first-order valence-corrected chi connectivity index (χ1v) is 10.8. The SMILES string of the molecule is CC1Oc2ccc(CNC(CNCc3cccc(Cl)c3)c3ccccc3)cc2N=C1N.Cl.Cl.Cl. The van der Waals surface area contributed by atoms with Crippen molar-refractivity contribution in [2.45, 2.75) is 32.2 Å². The van der Waals surface area contributed by atoms with Gasteiger partial charge in [0, 0.05) is 30.7 Å². The third-order valence-electron chi connectivity index (χ3n) is 5.31. The van der Waals surface area contributed by atoms with Crippen LogP contribution in [-0.2, 0) is 13.1 Å². The Labute approximate surface area is 224 Å². The van der Waals surface area contributed by atoms with Crippen LogP contribution < -0.4 is 21.1 Å². The van der Waals surface area contributed by atoms with Gasteiger partial charge in [0.2, 0.25) is 0 Å². The molecular formula is C25H30Cl4N4O. The highest BCUT2D eigenvalue weighted by atomic mass is 35.5. The molecule has 0 bridgehead atoms. The second-order valence-electron chi connectivity index (χ2n) is 7.70. The van der Waals surface area contributed by atoms with Gasteiger partial charge in [-0.3, -0.25) is 0 Å². The van der Waals surface area contributed by atoms with Crippen LogP contribution in [-0.4, -0.2) is 18.5 Å². The summed E-state index contributed by atoms with van der Waals surface area (Å²) in [6, 6.07) is 24.6. The molecule has 0 fully saturated rings. The average molecular weight is 544 g/mol. The number of nitrogens with one attached hydrogen (secondary N) is 2. The van der Waals surface area contributed by atoms with Gasteiger partial charge in [0.05, 0.1) is 0 Å². The molecule has 3 aromatic rings. The molecule has 5 nitrogen and oxygen atoms in total. The van der Waals surface area contributed by atoms with Crippen LogP contribution in [0, 0.1) is 0 Å². The number of nitrogens with two attached hydrogens (primary N) is 1. The predicted molar refractivity (Wildman–Crippen MR) is 149 cm³/mol. The highest BCUT2D eigenvalue weighted by Gasteiger charge is 2.18. The Morgan fingerprint density at radius 3 is 2.41 bits per heavy atom. The number of benzene rings is 3. The summed E-state index contributed by atoms with van der Waals surface area (Å²) in [4.78, 5) is 4.48. The van der Waals surface area contributed by atoms with E-state index in [2.05, 4.69) is 52.0 Å². The predicted octanol–water partition coefficient (Wildman–Crippen LogP) is 6.00. The first-order valence-electron chi connectivity index (χ1n) is 10.5. The summed E-state index contributed by atoms with van der Waals surface area (Å²) in [7, 11) is 0. The molecule has 0 radical (unpaired) electrons. The Kier molecular flexibility index (Phi) is 12.7. The van der Waals surface area contributed by atoms with E-state index in [-0.39, 0.29) is 49.4 Å². The third-order valence-corrected chi connectivity index (χ3v) is 5.55. The van der Waals surface area contributed by atoms with Crippen LogP contribution in [0.25, 0.3) is 0 Å². The summed E-state index contributed by atoms with van der Waals surface area (Å²) in [5.41, 5.74) is 10.3. The summed E-state index contributed by atoms with van der Waals surface area (Å²) in [5, 5.41) is 7.97. The molecule has 184 valence electrons. The minimum absolute atomic E-state index is 0. The van der Waals surface area contributed by atoms with Gasteiger partial charge >= 0.3 is 0 Å². The Morgan fingerprint density at radius 2 is 1.68 bits per heavy atom. The highest BCUT2D eigenvalue weighted by molar-refractivity contribution is 6.30. The van der Waals surface area contributed by atoms with E-state index in [0.29, 0.717) is 12.4 Å². The molecule has 2 unspecified atom stereocenters. The van der Waals surface area contributed by atoms with E-state index >= 15 is 0 Å². The van der Waals surface area contributed by atoms with E-state index in [1.54, 1.807) is 0 Å². The molecule has 1 heterocycles. The fraction of sp³-hybridized carbons (Fsp3) is 0.240. The monoisotopic (exact) mass is 542 g/mol. The largest absolute Gasteiger partial charge is 0.481 e. The molecule has 2 atom stereocenters. The van der Waals surface area contributed by atoms with Gasteiger partial charge < -0.3 is 21.1 Å². The van der Waals surface area contributed by atoms with Gasteiger partial charge in [0.25, 0.3) is 0 Å². The van der Waals surface area contributed by atoms with E-state index in [1.165, 1.54) is 11.1 Å². The van der Waals surface area contributed by atoms with Crippen molar-refractivity contribution in [2.24, 2.45) is 10.7 Å². The number of hydrogen-bond donors (Lipinski definition) is 3. The van der Waals surface area contributed by atoms with Crippen molar-refractivity contribution in [3.8, 4) is 5.75 Å². The topological polar surface area (TPSA) is 71.7 Å². The number of nitrogens with zero attached hydrogens (tertiary/aromatic N) is 1. The fourth-order valence-corrected chi connectivity index (χ4v) is 3.80. The zero-order valence-corrected chi connectivity index (χ0v) is 21.9. The third kappa shape index (κ3) is 8.05. The van der Waals surface area contributed by atoms with Gasteiger partial charge in [0.1, 0.15) is 17.3 Å². The normalized spacial score (nSPS) is 14.8. The first-order chi connectivity index (χ1) is 15.1. The Morgan fingerprint density at radius 1 is 0.941 bits per heavy atom. The summed E-state index contributed by atoms with van der Waals surface area (Å²) in [6.07, 6.45) is -0.190. The summed E-state index contributed by atoms with van der Waals surface area (Å²) >= 11 is 6.10. The quantitative estimate of drug-likeness (QED) is 0.326. The maximum absolute atomic E-state index is 6.10. The van der Waals surface area contributed by atoms with Crippen molar-refractivity contribution < 1.29 is 4.74 Å². The molecule has 4 N–H and O–H groups in total. The van der Waals surface area contributed by atoms with Crippen molar-refractivity contribution >= 4 is 60.3 Å². The lowest BCUT2D eigenvalue weighted by atomic mass is 10.1. The van der Waals surface area contributed by atoms with E-state index in [4.69, 9.17) is 22.1 Å². The van der Waals surface area contributed by atoms with Crippen LogP contribution in [0.3, 0.4) is 0 Å². The van der Waals surface area contributed by atoms with E-state index in [9.17, 15) is 0 Å². The minimum atomic E-state index is -0.190. The number of rotatable bonds is 8. The number of ether oxygens (including phenoxy) is 1. The average Bonchev–Trinajstić information content (AvgIpc) is 2.77. The van der Waals surface area contributed by atoms with Crippen LogP contribution >= 0.6 is 48.8 Å². The molecule has 0 saturated heterocycles. The lowest BCUT2D eigenvalue weighted by Crippen LogP contribution is -2.33. The summed E-state index contributed by atoms with van der Waals surface area (Å²) < 4.78 is 5.80. The molecule has 0 aromatic heterocycles. The molecule has 9 heteroatoms. The minimum Gasteiger partial charge on any atom is -0.481 e. The van der Waals surface area contributed by atoms with Crippen LogP contribution in [0.2, 0.25) is 5.02 Å². The molecule has 3 aromatic carbocycles. The van der Waals surface area contributed by atoms with Crippen LogP contribution in [0.1, 0.15) is 29.7 Å². The summed E-state index contributed by atoms with van der Waals surface area (Å²) in [5.74, 6) is 1.28. The number of halogens is 4. The molecular weight excluding hydrogens is 514 g/mol. The molecule has 34 heavy (non-hydrogen) atoms. The molecule has 1 aliphatic rings. The van der Waals surface area contributed by atoms with Crippen molar-refractivity contribution in [3.05, 3.63) is 94.5 Å². The molecule has 0 spiro atoms. The Balaban J connectivity index is 0.00000193. The van der Waals surface area contributed by atoms with Crippen LogP contribution in [0.5, 0.6) is 5.75 Å². The summed E-state index contributed by atoms with van der Waals surface area (Å²) in [6.45, 7) is 4.15. The lowest BCUT2D eigenvalue weighted by Gasteiger charge is -2.23. The van der Waals surface area contributed by atoms with Crippen molar-refractivity contribution in [1.29, 1.82) is 0 Å². The highest BCUT2D eigenvalue weighted by Crippen LogP contribution is 2.32. The van der Waals surface area contributed by atoms with Crippen LogP contribution in [0.4, 0.5) is 5.69 Å². The van der Waals surface area contributed by atoms with E-state index < -0.39 is 0 Å². The molecule has 0 aliphatic carbocycles. The first kappa shape index (κ1) is 30.0. The van der Waals surface area contributed by atoms with E-state index in [1.807, 2.05) is 43.3 Å². The molecule has 1 aliphatic heterocycles.